The Hall–Kier alpha value is -0.800. The molecule has 0 aromatic carbocycles. The van der Waals surface area contributed by atoms with Crippen molar-refractivity contribution in [3.8, 4) is 0 Å². The molecule has 0 saturated carbocycles. The number of hydrogen-bond donors (Lipinski definition) is 1. The van der Waals surface area contributed by atoms with Crippen LogP contribution in [0.15, 0.2) is 10.5 Å². The minimum absolute atomic E-state index is 0.582. The summed E-state index contributed by atoms with van der Waals surface area (Å²) in [6, 6.07) is 2.09. The normalized spacial score (nSPS) is 13.1. The standard InChI is InChI=1S/C17H31NO2/c1-6-7-14(4)11-19-12-16-8-15(5)17(20-16)10-18-9-13(2)3/h8,13-14,18H,6-7,9-12H2,1-5H3. The zero-order chi connectivity index (χ0) is 15.0. The van der Waals surface area contributed by atoms with E-state index in [0.717, 1.165) is 31.2 Å². The highest BCUT2D eigenvalue weighted by atomic mass is 16.5. The maximum Gasteiger partial charge on any atom is 0.130 e. The van der Waals surface area contributed by atoms with Gasteiger partial charge in [0.1, 0.15) is 18.1 Å². The highest BCUT2D eigenvalue weighted by Gasteiger charge is 2.08. The molecule has 1 atom stereocenters. The van der Waals surface area contributed by atoms with Crippen molar-refractivity contribution in [2.45, 2.75) is 60.6 Å². The molecule has 1 aromatic heterocycles. The molecule has 3 heteroatoms. The van der Waals surface area contributed by atoms with E-state index < -0.39 is 0 Å². The monoisotopic (exact) mass is 281 g/mol. The van der Waals surface area contributed by atoms with E-state index >= 15 is 0 Å². The van der Waals surface area contributed by atoms with Gasteiger partial charge < -0.3 is 14.5 Å². The van der Waals surface area contributed by atoms with Gasteiger partial charge in [-0.3, -0.25) is 0 Å². The summed E-state index contributed by atoms with van der Waals surface area (Å²) in [5.41, 5.74) is 1.21. The highest BCUT2D eigenvalue weighted by Crippen LogP contribution is 2.16. The fraction of sp³-hybridized carbons (Fsp3) is 0.765. The minimum Gasteiger partial charge on any atom is -0.462 e. The zero-order valence-corrected chi connectivity index (χ0v) is 13.8. The quantitative estimate of drug-likeness (QED) is 0.695. The molecule has 0 amide bonds. The maximum atomic E-state index is 5.85. The molecule has 0 bridgehead atoms. The SMILES string of the molecule is CCCC(C)COCc1cc(C)c(CNCC(C)C)o1. The van der Waals surface area contributed by atoms with Crippen molar-refractivity contribution in [2.24, 2.45) is 11.8 Å². The Bertz CT molecular complexity index is 371. The molecule has 1 unspecified atom stereocenters. The highest BCUT2D eigenvalue weighted by molar-refractivity contribution is 5.19. The lowest BCUT2D eigenvalue weighted by molar-refractivity contribution is 0.0768. The molecule has 0 spiro atoms. The zero-order valence-electron chi connectivity index (χ0n) is 13.8. The van der Waals surface area contributed by atoms with Crippen molar-refractivity contribution < 1.29 is 9.15 Å². The maximum absolute atomic E-state index is 5.85. The summed E-state index contributed by atoms with van der Waals surface area (Å²) in [7, 11) is 0. The molecule has 1 aromatic rings. The van der Waals surface area contributed by atoms with Crippen LogP contribution in [0.2, 0.25) is 0 Å². The largest absolute Gasteiger partial charge is 0.462 e. The van der Waals surface area contributed by atoms with Crippen molar-refractivity contribution in [1.29, 1.82) is 0 Å². The molecule has 0 aliphatic carbocycles. The van der Waals surface area contributed by atoms with Crippen LogP contribution >= 0.6 is 0 Å². The van der Waals surface area contributed by atoms with Crippen LogP contribution in [0.1, 0.15) is 57.6 Å². The Labute approximate surface area is 124 Å². The lowest BCUT2D eigenvalue weighted by Crippen LogP contribution is -2.18. The summed E-state index contributed by atoms with van der Waals surface area (Å²) in [5.74, 6) is 3.26. The van der Waals surface area contributed by atoms with Crippen LogP contribution in [0, 0.1) is 18.8 Å². The summed E-state index contributed by atoms with van der Waals surface area (Å²) in [5, 5.41) is 3.41. The molecular formula is C17H31NO2. The predicted molar refractivity (Wildman–Crippen MR) is 83.7 cm³/mol. The second-order valence-electron chi connectivity index (χ2n) is 6.25. The van der Waals surface area contributed by atoms with Gasteiger partial charge in [-0.25, -0.2) is 0 Å². The van der Waals surface area contributed by atoms with Crippen LogP contribution in [-0.4, -0.2) is 13.2 Å². The fourth-order valence-corrected chi connectivity index (χ4v) is 2.25. The smallest absolute Gasteiger partial charge is 0.130 e. The van der Waals surface area contributed by atoms with E-state index in [2.05, 4.69) is 46.0 Å². The van der Waals surface area contributed by atoms with Gasteiger partial charge in [0, 0.05) is 6.61 Å². The van der Waals surface area contributed by atoms with Crippen molar-refractivity contribution in [3.63, 3.8) is 0 Å². The Morgan fingerprint density at radius 1 is 1.30 bits per heavy atom. The molecule has 1 heterocycles. The lowest BCUT2D eigenvalue weighted by atomic mass is 10.1. The van der Waals surface area contributed by atoms with Gasteiger partial charge in [0.2, 0.25) is 0 Å². The van der Waals surface area contributed by atoms with E-state index in [4.69, 9.17) is 9.15 Å². The van der Waals surface area contributed by atoms with E-state index in [0.29, 0.717) is 18.4 Å². The van der Waals surface area contributed by atoms with Crippen LogP contribution in [0.5, 0.6) is 0 Å². The van der Waals surface area contributed by atoms with Crippen LogP contribution in [0.3, 0.4) is 0 Å². The summed E-state index contributed by atoms with van der Waals surface area (Å²) in [6.45, 7) is 14.2. The summed E-state index contributed by atoms with van der Waals surface area (Å²) >= 11 is 0. The van der Waals surface area contributed by atoms with Gasteiger partial charge in [0.15, 0.2) is 0 Å². The first-order valence-electron chi connectivity index (χ1n) is 7.89. The van der Waals surface area contributed by atoms with Gasteiger partial charge in [0.05, 0.1) is 6.54 Å². The molecular weight excluding hydrogens is 250 g/mol. The first-order chi connectivity index (χ1) is 9.52. The fourth-order valence-electron chi connectivity index (χ4n) is 2.25. The van der Waals surface area contributed by atoms with Crippen LogP contribution < -0.4 is 5.32 Å². The third-order valence-corrected chi connectivity index (χ3v) is 3.34. The number of rotatable bonds is 10. The lowest BCUT2D eigenvalue weighted by Gasteiger charge is -2.09. The van der Waals surface area contributed by atoms with E-state index in [9.17, 15) is 0 Å². The first kappa shape index (κ1) is 17.3. The third kappa shape index (κ3) is 6.58. The number of hydrogen-bond acceptors (Lipinski definition) is 3. The van der Waals surface area contributed by atoms with Gasteiger partial charge in [0.25, 0.3) is 0 Å². The summed E-state index contributed by atoms with van der Waals surface area (Å²) in [4.78, 5) is 0. The Kier molecular flexibility index (Phi) is 7.93. The van der Waals surface area contributed by atoms with Gasteiger partial charge >= 0.3 is 0 Å². The van der Waals surface area contributed by atoms with Crippen LogP contribution in [0.4, 0.5) is 0 Å². The van der Waals surface area contributed by atoms with Crippen molar-refractivity contribution >= 4 is 0 Å². The van der Waals surface area contributed by atoms with Crippen molar-refractivity contribution in [1.82, 2.24) is 5.32 Å². The molecule has 20 heavy (non-hydrogen) atoms. The van der Waals surface area contributed by atoms with Gasteiger partial charge in [-0.1, -0.05) is 34.1 Å². The third-order valence-electron chi connectivity index (χ3n) is 3.34. The number of nitrogens with one attached hydrogen (secondary N) is 1. The molecule has 0 aliphatic rings. The Balaban J connectivity index is 2.33. The van der Waals surface area contributed by atoms with Gasteiger partial charge in [-0.05, 0) is 43.4 Å². The van der Waals surface area contributed by atoms with E-state index in [1.165, 1.54) is 18.4 Å². The van der Waals surface area contributed by atoms with Crippen molar-refractivity contribution in [2.75, 3.05) is 13.2 Å². The Morgan fingerprint density at radius 2 is 2.05 bits per heavy atom. The number of aryl methyl sites for hydroxylation is 1. The first-order valence-corrected chi connectivity index (χ1v) is 7.89. The molecule has 0 aliphatic heterocycles. The second kappa shape index (κ2) is 9.19. The number of ether oxygens (including phenoxy) is 1. The van der Waals surface area contributed by atoms with Crippen LogP contribution in [0.25, 0.3) is 0 Å². The Morgan fingerprint density at radius 3 is 2.70 bits per heavy atom. The van der Waals surface area contributed by atoms with Crippen LogP contribution in [-0.2, 0) is 17.9 Å². The molecule has 1 rings (SSSR count). The molecule has 116 valence electrons. The molecule has 0 fully saturated rings. The average Bonchev–Trinajstić information content (AvgIpc) is 2.70. The van der Waals surface area contributed by atoms with Gasteiger partial charge in [-0.15, -0.1) is 0 Å². The van der Waals surface area contributed by atoms with E-state index in [1.807, 2.05) is 0 Å². The topological polar surface area (TPSA) is 34.4 Å². The summed E-state index contributed by atoms with van der Waals surface area (Å²) < 4.78 is 11.6. The molecule has 0 saturated heterocycles. The van der Waals surface area contributed by atoms with E-state index in [1.54, 1.807) is 0 Å². The van der Waals surface area contributed by atoms with Crippen molar-refractivity contribution in [3.05, 3.63) is 23.2 Å². The van der Waals surface area contributed by atoms with E-state index in [-0.39, 0.29) is 0 Å². The predicted octanol–water partition coefficient (Wildman–Crippen LogP) is 4.29. The van der Waals surface area contributed by atoms with Gasteiger partial charge in [-0.2, -0.15) is 0 Å². The molecule has 3 nitrogen and oxygen atoms in total. The number of furan rings is 1. The average molecular weight is 281 g/mol. The minimum atomic E-state index is 0.582. The summed E-state index contributed by atoms with van der Waals surface area (Å²) in [6.07, 6.45) is 2.44. The molecule has 0 radical (unpaired) electrons. The molecule has 1 N–H and O–H groups in total. The second-order valence-corrected chi connectivity index (χ2v) is 6.25.